The Morgan fingerprint density at radius 2 is 2.26 bits per heavy atom. The Hall–Kier alpha value is -1.83. The van der Waals surface area contributed by atoms with Crippen LogP contribution in [-0.4, -0.2) is 48.1 Å². The molecule has 1 aliphatic heterocycles. The first-order chi connectivity index (χ1) is 9.00. The second-order valence-corrected chi connectivity index (χ2v) is 4.53. The Kier molecular flexibility index (Phi) is 6.07. The highest BCUT2D eigenvalue weighted by molar-refractivity contribution is 5.87. The van der Waals surface area contributed by atoms with Gasteiger partial charge in [0.2, 0.25) is 5.91 Å². The molecule has 1 saturated heterocycles. The molecule has 0 aromatic rings. The molecule has 1 heterocycles. The minimum atomic E-state index is -1.05. The van der Waals surface area contributed by atoms with Crippen molar-refractivity contribution in [2.75, 3.05) is 13.1 Å². The number of hydrogen-bond donors (Lipinski definition) is 6. The van der Waals surface area contributed by atoms with E-state index < -0.39 is 12.0 Å². The quantitative estimate of drug-likeness (QED) is 0.190. The average molecular weight is 271 g/mol. The maximum atomic E-state index is 11.8. The van der Waals surface area contributed by atoms with E-state index in [1.165, 1.54) is 0 Å². The summed E-state index contributed by atoms with van der Waals surface area (Å²) in [5, 5.41) is 24.2. The fourth-order valence-electron chi connectivity index (χ4n) is 1.97. The van der Waals surface area contributed by atoms with E-state index in [0.29, 0.717) is 19.4 Å². The van der Waals surface area contributed by atoms with Crippen LogP contribution >= 0.6 is 0 Å². The van der Waals surface area contributed by atoms with E-state index in [9.17, 15) is 9.59 Å². The Morgan fingerprint density at radius 3 is 2.79 bits per heavy atom. The molecule has 19 heavy (non-hydrogen) atoms. The number of nitrogens with two attached hydrogens (primary N) is 1. The maximum Gasteiger partial charge on any atom is 0.326 e. The van der Waals surface area contributed by atoms with Crippen LogP contribution in [0.15, 0.2) is 0 Å². The molecule has 0 spiro atoms. The molecule has 108 valence electrons. The minimum absolute atomic E-state index is 0.147. The zero-order valence-corrected chi connectivity index (χ0v) is 10.7. The van der Waals surface area contributed by atoms with Crippen LogP contribution in [0, 0.1) is 5.41 Å². The van der Waals surface area contributed by atoms with Crippen LogP contribution in [-0.2, 0) is 9.59 Å². The third kappa shape index (κ3) is 5.56. The first-order valence-corrected chi connectivity index (χ1v) is 6.35. The van der Waals surface area contributed by atoms with Crippen LogP contribution in [0.3, 0.4) is 0 Å². The second-order valence-electron chi connectivity index (χ2n) is 4.53. The molecule has 8 heteroatoms. The van der Waals surface area contributed by atoms with Crippen molar-refractivity contribution in [3.8, 4) is 0 Å². The van der Waals surface area contributed by atoms with Gasteiger partial charge in [0.05, 0.1) is 6.04 Å². The number of aliphatic carboxylic acids is 1. The lowest BCUT2D eigenvalue weighted by Crippen LogP contribution is -2.48. The second kappa shape index (κ2) is 7.57. The number of carbonyl (C=O) groups is 2. The highest BCUT2D eigenvalue weighted by Gasteiger charge is 2.26. The van der Waals surface area contributed by atoms with Crippen LogP contribution in [0.5, 0.6) is 0 Å². The van der Waals surface area contributed by atoms with Crippen LogP contribution in [0.1, 0.15) is 25.7 Å². The molecule has 1 rings (SSSR count). The van der Waals surface area contributed by atoms with Crippen molar-refractivity contribution in [1.82, 2.24) is 16.0 Å². The molecule has 0 bridgehead atoms. The molecule has 0 aromatic heterocycles. The zero-order chi connectivity index (χ0) is 14.3. The number of amides is 1. The number of carbonyl (C=O) groups excluding carboxylic acids is 1. The standard InChI is InChI=1S/C11H21N5O3/c12-11(13)15-6-2-4-8(10(18)19)16-9(17)7-3-1-5-14-7/h7-8,14H,1-6H2,(H,16,17)(H,18,19)(H4,12,13,15)/t7-,8+/m1/s1. The molecular weight excluding hydrogens is 250 g/mol. The molecule has 7 N–H and O–H groups in total. The summed E-state index contributed by atoms with van der Waals surface area (Å²) in [5.74, 6) is -1.45. The topological polar surface area (TPSA) is 140 Å². The summed E-state index contributed by atoms with van der Waals surface area (Å²) < 4.78 is 0. The fraction of sp³-hybridized carbons (Fsp3) is 0.727. The van der Waals surface area contributed by atoms with Gasteiger partial charge in [-0.3, -0.25) is 10.2 Å². The van der Waals surface area contributed by atoms with Crippen LogP contribution in [0.25, 0.3) is 0 Å². The van der Waals surface area contributed by atoms with Gasteiger partial charge in [-0.25, -0.2) is 4.79 Å². The van der Waals surface area contributed by atoms with Crippen LogP contribution in [0.4, 0.5) is 0 Å². The first kappa shape index (κ1) is 15.2. The van der Waals surface area contributed by atoms with Gasteiger partial charge >= 0.3 is 5.97 Å². The lowest BCUT2D eigenvalue weighted by atomic mass is 10.1. The molecule has 1 fully saturated rings. The number of rotatable bonds is 7. The summed E-state index contributed by atoms with van der Waals surface area (Å²) in [4.78, 5) is 22.8. The van der Waals surface area contributed by atoms with Gasteiger partial charge in [0.15, 0.2) is 5.96 Å². The fourth-order valence-corrected chi connectivity index (χ4v) is 1.97. The zero-order valence-electron chi connectivity index (χ0n) is 10.7. The summed E-state index contributed by atoms with van der Waals surface area (Å²) in [6.45, 7) is 1.20. The van der Waals surface area contributed by atoms with Gasteiger partial charge in [0, 0.05) is 6.54 Å². The Labute approximate surface area is 111 Å². The predicted molar refractivity (Wildman–Crippen MR) is 69.7 cm³/mol. The highest BCUT2D eigenvalue weighted by Crippen LogP contribution is 2.06. The predicted octanol–water partition coefficient (Wildman–Crippen LogP) is -1.43. The Morgan fingerprint density at radius 1 is 1.53 bits per heavy atom. The summed E-state index contributed by atoms with van der Waals surface area (Å²) in [7, 11) is 0. The monoisotopic (exact) mass is 271 g/mol. The number of hydrogen-bond acceptors (Lipinski definition) is 4. The van der Waals surface area contributed by atoms with E-state index in [-0.39, 0.29) is 17.9 Å². The molecule has 0 aliphatic carbocycles. The van der Waals surface area contributed by atoms with E-state index in [1.807, 2.05) is 0 Å². The highest BCUT2D eigenvalue weighted by atomic mass is 16.4. The van der Waals surface area contributed by atoms with Gasteiger partial charge < -0.3 is 26.8 Å². The van der Waals surface area contributed by atoms with Crippen molar-refractivity contribution in [2.24, 2.45) is 5.73 Å². The summed E-state index contributed by atoms with van der Waals surface area (Å²) in [5.41, 5.74) is 5.11. The molecule has 0 radical (unpaired) electrons. The largest absolute Gasteiger partial charge is 0.480 e. The normalized spacial score (nSPS) is 19.7. The molecule has 8 nitrogen and oxygen atoms in total. The smallest absolute Gasteiger partial charge is 0.326 e. The van der Waals surface area contributed by atoms with Crippen molar-refractivity contribution in [3.05, 3.63) is 0 Å². The number of guanidine groups is 1. The summed E-state index contributed by atoms with van der Waals surface area (Å²) >= 11 is 0. The van der Waals surface area contributed by atoms with Crippen LogP contribution in [0.2, 0.25) is 0 Å². The van der Waals surface area contributed by atoms with Crippen molar-refractivity contribution < 1.29 is 14.7 Å². The van der Waals surface area contributed by atoms with Gasteiger partial charge in [-0.1, -0.05) is 0 Å². The van der Waals surface area contributed by atoms with Crippen LogP contribution < -0.4 is 21.7 Å². The maximum absolute atomic E-state index is 11.8. The van der Waals surface area contributed by atoms with Gasteiger partial charge in [-0.2, -0.15) is 0 Å². The lowest BCUT2D eigenvalue weighted by molar-refractivity contribution is -0.142. The van der Waals surface area contributed by atoms with Gasteiger partial charge in [0.25, 0.3) is 0 Å². The third-order valence-corrected chi connectivity index (χ3v) is 2.98. The molecule has 0 aromatic carbocycles. The van der Waals surface area contributed by atoms with E-state index in [4.69, 9.17) is 16.2 Å². The Bertz CT molecular complexity index is 341. The van der Waals surface area contributed by atoms with E-state index in [2.05, 4.69) is 16.0 Å². The van der Waals surface area contributed by atoms with E-state index >= 15 is 0 Å². The summed E-state index contributed by atoms with van der Waals surface area (Å²) in [6, 6.07) is -1.18. The average Bonchev–Trinajstić information content (AvgIpc) is 2.85. The van der Waals surface area contributed by atoms with Gasteiger partial charge in [-0.05, 0) is 32.2 Å². The molecule has 0 saturated carbocycles. The number of carboxylic acid groups (broad SMARTS) is 1. The molecule has 0 unspecified atom stereocenters. The first-order valence-electron chi connectivity index (χ1n) is 6.35. The van der Waals surface area contributed by atoms with Crippen molar-refractivity contribution in [3.63, 3.8) is 0 Å². The molecule has 1 amide bonds. The summed E-state index contributed by atoms with van der Waals surface area (Å²) in [6.07, 6.45) is 2.48. The number of nitrogens with one attached hydrogen (secondary N) is 4. The molecular formula is C11H21N5O3. The molecule has 1 aliphatic rings. The van der Waals surface area contributed by atoms with E-state index in [0.717, 1.165) is 19.4 Å². The van der Waals surface area contributed by atoms with Gasteiger partial charge in [0.1, 0.15) is 6.04 Å². The van der Waals surface area contributed by atoms with Crippen molar-refractivity contribution in [2.45, 2.75) is 37.8 Å². The van der Waals surface area contributed by atoms with E-state index in [1.54, 1.807) is 0 Å². The minimum Gasteiger partial charge on any atom is -0.480 e. The molecule has 2 atom stereocenters. The van der Waals surface area contributed by atoms with Crippen molar-refractivity contribution >= 4 is 17.8 Å². The Balaban J connectivity index is 2.33. The SMILES string of the molecule is N=C(N)NCCC[C@H](NC(=O)[C@H]1CCCN1)C(=O)O. The van der Waals surface area contributed by atoms with Crippen molar-refractivity contribution in [1.29, 1.82) is 5.41 Å². The lowest BCUT2D eigenvalue weighted by Gasteiger charge is -2.17. The number of carboxylic acids is 1. The third-order valence-electron chi connectivity index (χ3n) is 2.98. The van der Waals surface area contributed by atoms with Gasteiger partial charge in [-0.15, -0.1) is 0 Å².